The van der Waals surface area contributed by atoms with Crippen LogP contribution in [0.3, 0.4) is 0 Å². The molecule has 3 aromatic rings. The minimum absolute atomic E-state index is 0.250. The highest BCUT2D eigenvalue weighted by molar-refractivity contribution is 7.98. The molecule has 0 bridgehead atoms. The normalized spacial score (nSPS) is 10.9. The molecule has 0 amide bonds. The minimum atomic E-state index is -0.496. The van der Waals surface area contributed by atoms with E-state index in [1.807, 2.05) is 28.8 Å². The second-order valence-electron chi connectivity index (χ2n) is 5.62. The number of carbonyl (C=O) groups excluding carboxylic acids is 2. The number of hydrogen-bond donors (Lipinski definition) is 1. The maximum absolute atomic E-state index is 12.4. The van der Waals surface area contributed by atoms with Crippen molar-refractivity contribution < 1.29 is 19.1 Å². The second-order valence-corrected chi connectivity index (χ2v) is 6.56. The molecule has 0 saturated carbocycles. The third-order valence-electron chi connectivity index (χ3n) is 3.91. The Morgan fingerprint density at radius 3 is 2.63 bits per heavy atom. The van der Waals surface area contributed by atoms with E-state index >= 15 is 0 Å². The Morgan fingerprint density at radius 1 is 1.15 bits per heavy atom. The van der Waals surface area contributed by atoms with Crippen LogP contribution in [-0.4, -0.2) is 44.7 Å². The van der Waals surface area contributed by atoms with Crippen molar-refractivity contribution in [2.24, 2.45) is 0 Å². The number of aromatic nitrogens is 4. The van der Waals surface area contributed by atoms with E-state index in [1.54, 1.807) is 20.8 Å². The van der Waals surface area contributed by atoms with Crippen LogP contribution in [0.5, 0.6) is 0 Å². The molecule has 3 aromatic heterocycles. The smallest absolute Gasteiger partial charge is 0.355 e. The van der Waals surface area contributed by atoms with Gasteiger partial charge in [0.15, 0.2) is 10.8 Å². The van der Waals surface area contributed by atoms with E-state index in [0.717, 1.165) is 5.65 Å². The van der Waals surface area contributed by atoms with Crippen molar-refractivity contribution in [2.75, 3.05) is 13.2 Å². The molecule has 9 heteroatoms. The summed E-state index contributed by atoms with van der Waals surface area (Å²) in [7, 11) is 0. The highest BCUT2D eigenvalue weighted by Crippen LogP contribution is 2.27. The Hall–Kier alpha value is -2.81. The van der Waals surface area contributed by atoms with Gasteiger partial charge in [-0.1, -0.05) is 17.8 Å². The third-order valence-corrected chi connectivity index (χ3v) is 4.88. The van der Waals surface area contributed by atoms with E-state index < -0.39 is 11.9 Å². The van der Waals surface area contributed by atoms with E-state index in [-0.39, 0.29) is 18.9 Å². The number of thioether (sulfide) groups is 1. The molecule has 3 rings (SSSR count). The van der Waals surface area contributed by atoms with E-state index in [1.165, 1.54) is 11.8 Å². The molecule has 0 spiro atoms. The van der Waals surface area contributed by atoms with Gasteiger partial charge < -0.3 is 14.5 Å². The van der Waals surface area contributed by atoms with Crippen LogP contribution in [0.25, 0.3) is 5.65 Å². The fourth-order valence-corrected chi connectivity index (χ4v) is 3.59. The predicted molar refractivity (Wildman–Crippen MR) is 100.0 cm³/mol. The monoisotopic (exact) mass is 388 g/mol. The van der Waals surface area contributed by atoms with Gasteiger partial charge in [-0.25, -0.2) is 9.59 Å². The van der Waals surface area contributed by atoms with Gasteiger partial charge in [0.25, 0.3) is 0 Å². The lowest BCUT2D eigenvalue weighted by Gasteiger charge is -2.05. The maximum Gasteiger partial charge on any atom is 0.355 e. The first-order valence-corrected chi connectivity index (χ1v) is 9.53. The summed E-state index contributed by atoms with van der Waals surface area (Å²) in [6, 6.07) is 5.64. The van der Waals surface area contributed by atoms with Crippen LogP contribution >= 0.6 is 11.8 Å². The van der Waals surface area contributed by atoms with Crippen LogP contribution in [0.4, 0.5) is 0 Å². The number of hydrogen-bond acceptors (Lipinski definition) is 7. The molecule has 142 valence electrons. The van der Waals surface area contributed by atoms with Crippen molar-refractivity contribution in [1.29, 1.82) is 0 Å². The van der Waals surface area contributed by atoms with Gasteiger partial charge in [0.1, 0.15) is 5.69 Å². The molecule has 0 atom stereocenters. The van der Waals surface area contributed by atoms with Crippen LogP contribution in [0.15, 0.2) is 29.6 Å². The number of H-pyrrole nitrogens is 1. The summed E-state index contributed by atoms with van der Waals surface area (Å²) < 4.78 is 12.1. The number of esters is 2. The average Bonchev–Trinajstić information content (AvgIpc) is 3.21. The van der Waals surface area contributed by atoms with Crippen LogP contribution in [0.1, 0.15) is 46.0 Å². The van der Waals surface area contributed by atoms with Crippen LogP contribution in [0.2, 0.25) is 0 Å². The summed E-state index contributed by atoms with van der Waals surface area (Å²) in [5.74, 6) is -0.572. The van der Waals surface area contributed by atoms with E-state index in [9.17, 15) is 9.59 Å². The predicted octanol–water partition coefficient (Wildman–Crippen LogP) is 3.01. The molecule has 8 nitrogen and oxygen atoms in total. The number of rotatable bonds is 7. The van der Waals surface area contributed by atoms with Crippen LogP contribution < -0.4 is 0 Å². The Bertz CT molecular complexity index is 979. The van der Waals surface area contributed by atoms with Gasteiger partial charge in [0.05, 0.1) is 18.8 Å². The number of nitrogens with one attached hydrogen (secondary N) is 1. The van der Waals surface area contributed by atoms with Crippen LogP contribution in [-0.2, 0) is 15.2 Å². The summed E-state index contributed by atoms with van der Waals surface area (Å²) >= 11 is 1.40. The van der Waals surface area contributed by atoms with Gasteiger partial charge in [-0.15, -0.1) is 10.2 Å². The van der Waals surface area contributed by atoms with Gasteiger partial charge in [0, 0.05) is 17.6 Å². The molecule has 0 aromatic carbocycles. The Labute approximate surface area is 160 Å². The van der Waals surface area contributed by atoms with E-state index in [2.05, 4.69) is 15.2 Å². The van der Waals surface area contributed by atoms with Gasteiger partial charge in [-0.3, -0.25) is 4.40 Å². The first kappa shape index (κ1) is 19.0. The standard InChI is InChI=1S/C18H20N4O4S/c1-4-25-16(23)14-11(3)15(17(24)26-5-2)19-12(14)10-27-18-21-20-13-8-6-7-9-22(13)18/h6-9,19H,4-5,10H2,1-3H3. The molecule has 27 heavy (non-hydrogen) atoms. The number of nitrogens with zero attached hydrogens (tertiary/aromatic N) is 3. The van der Waals surface area contributed by atoms with Crippen molar-refractivity contribution in [1.82, 2.24) is 19.6 Å². The number of fused-ring (bicyclic) bond motifs is 1. The molecule has 3 heterocycles. The summed E-state index contributed by atoms with van der Waals surface area (Å²) in [5, 5.41) is 8.96. The fourth-order valence-electron chi connectivity index (χ4n) is 2.71. The third kappa shape index (κ3) is 3.82. The van der Waals surface area contributed by atoms with Gasteiger partial charge in [-0.05, 0) is 38.5 Å². The molecule has 0 aliphatic carbocycles. The highest BCUT2D eigenvalue weighted by Gasteiger charge is 2.25. The Morgan fingerprint density at radius 2 is 1.89 bits per heavy atom. The number of carbonyl (C=O) groups is 2. The molecule has 0 aliphatic heterocycles. The number of pyridine rings is 1. The van der Waals surface area contributed by atoms with Gasteiger partial charge >= 0.3 is 11.9 Å². The second kappa shape index (κ2) is 8.26. The molecule has 0 radical (unpaired) electrons. The van der Waals surface area contributed by atoms with Crippen molar-refractivity contribution in [3.05, 3.63) is 46.9 Å². The zero-order valence-electron chi connectivity index (χ0n) is 15.3. The van der Waals surface area contributed by atoms with Crippen LogP contribution in [0, 0.1) is 6.92 Å². The van der Waals surface area contributed by atoms with Crippen molar-refractivity contribution in [3.63, 3.8) is 0 Å². The van der Waals surface area contributed by atoms with Crippen molar-refractivity contribution in [3.8, 4) is 0 Å². The molecule has 1 N–H and O–H groups in total. The highest BCUT2D eigenvalue weighted by atomic mass is 32.2. The molecule has 0 aliphatic rings. The lowest BCUT2D eigenvalue weighted by Crippen LogP contribution is -2.09. The average molecular weight is 388 g/mol. The molecular formula is C18H20N4O4S. The lowest BCUT2D eigenvalue weighted by molar-refractivity contribution is 0.0518. The number of aromatic amines is 1. The SMILES string of the molecule is CCOC(=O)c1[nH]c(CSc2nnc3ccccn23)c(C(=O)OCC)c1C. The topological polar surface area (TPSA) is 98.6 Å². The first-order valence-electron chi connectivity index (χ1n) is 8.55. The first-order chi connectivity index (χ1) is 13.1. The summed E-state index contributed by atoms with van der Waals surface area (Å²) in [4.78, 5) is 27.6. The lowest BCUT2D eigenvalue weighted by atomic mass is 10.1. The quantitative estimate of drug-likeness (QED) is 0.491. The fraction of sp³-hybridized carbons (Fsp3) is 0.333. The Kier molecular flexibility index (Phi) is 5.80. The largest absolute Gasteiger partial charge is 0.462 e. The van der Waals surface area contributed by atoms with E-state index in [4.69, 9.17) is 9.47 Å². The van der Waals surface area contributed by atoms with Gasteiger partial charge in [0.2, 0.25) is 0 Å². The maximum atomic E-state index is 12.4. The molecule has 0 fully saturated rings. The number of ether oxygens (including phenoxy) is 2. The van der Waals surface area contributed by atoms with Crippen molar-refractivity contribution >= 4 is 29.3 Å². The molecule has 0 unspecified atom stereocenters. The summed E-state index contributed by atoms with van der Waals surface area (Å²) in [6.07, 6.45) is 1.87. The molecule has 0 saturated heterocycles. The van der Waals surface area contributed by atoms with Crippen molar-refractivity contribution in [2.45, 2.75) is 31.7 Å². The zero-order valence-corrected chi connectivity index (χ0v) is 16.1. The summed E-state index contributed by atoms with van der Waals surface area (Å²) in [6.45, 7) is 5.68. The minimum Gasteiger partial charge on any atom is -0.462 e. The van der Waals surface area contributed by atoms with E-state index in [0.29, 0.717) is 27.7 Å². The molecular weight excluding hydrogens is 368 g/mol. The Balaban J connectivity index is 1.91. The summed E-state index contributed by atoms with van der Waals surface area (Å²) in [5.41, 5.74) is 2.48. The zero-order chi connectivity index (χ0) is 19.4. The van der Waals surface area contributed by atoms with Gasteiger partial charge in [-0.2, -0.15) is 0 Å².